The van der Waals surface area contributed by atoms with Crippen LogP contribution < -0.4 is 5.43 Å². The number of nitrogens with one attached hydrogen (secondary N) is 1. The maximum absolute atomic E-state index is 12.8. The van der Waals surface area contributed by atoms with Gasteiger partial charge in [-0.2, -0.15) is 9.41 Å². The van der Waals surface area contributed by atoms with E-state index in [0.29, 0.717) is 31.1 Å². The van der Waals surface area contributed by atoms with Crippen molar-refractivity contribution in [1.29, 1.82) is 0 Å². The van der Waals surface area contributed by atoms with E-state index in [0.717, 1.165) is 27.6 Å². The van der Waals surface area contributed by atoms with Crippen molar-refractivity contribution in [2.75, 3.05) is 32.7 Å². The van der Waals surface area contributed by atoms with Crippen LogP contribution in [0.4, 0.5) is 0 Å². The average Bonchev–Trinajstić information content (AvgIpc) is 2.83. The Bertz CT molecular complexity index is 1280. The molecule has 1 heterocycles. The van der Waals surface area contributed by atoms with Crippen molar-refractivity contribution < 1.29 is 13.2 Å². The first-order valence-electron chi connectivity index (χ1n) is 10.9. The molecule has 172 valence electrons. The van der Waals surface area contributed by atoms with E-state index in [-0.39, 0.29) is 12.5 Å². The smallest absolute Gasteiger partial charge is 0.254 e. The zero-order valence-electron chi connectivity index (χ0n) is 18.9. The maximum atomic E-state index is 12.8. The summed E-state index contributed by atoms with van der Waals surface area (Å²) >= 11 is 0. The van der Waals surface area contributed by atoms with Gasteiger partial charge in [0.05, 0.1) is 17.2 Å². The fourth-order valence-corrected chi connectivity index (χ4v) is 5.27. The van der Waals surface area contributed by atoms with Gasteiger partial charge in [-0.25, -0.2) is 13.8 Å². The Morgan fingerprint density at radius 3 is 2.30 bits per heavy atom. The van der Waals surface area contributed by atoms with Crippen molar-refractivity contribution in [2.45, 2.75) is 18.7 Å². The molecule has 3 aromatic rings. The van der Waals surface area contributed by atoms with E-state index in [1.165, 1.54) is 4.31 Å². The number of aryl methyl sites for hydroxylation is 1. The molecule has 8 heteroatoms. The van der Waals surface area contributed by atoms with Crippen LogP contribution in [0.25, 0.3) is 10.8 Å². The van der Waals surface area contributed by atoms with Crippen molar-refractivity contribution in [3.05, 3.63) is 77.9 Å². The molecule has 1 aliphatic heterocycles. The molecule has 3 aromatic carbocycles. The zero-order chi connectivity index (χ0) is 23.4. The SMILES string of the molecule is CC(=NNC(=O)CN1CCN(S(=O)(=O)c2ccc(C)cc2)CC1)c1ccc2ccccc2c1. The maximum Gasteiger partial charge on any atom is 0.254 e. The molecule has 1 saturated heterocycles. The summed E-state index contributed by atoms with van der Waals surface area (Å²) in [5, 5.41) is 6.53. The van der Waals surface area contributed by atoms with Crippen LogP contribution in [0.3, 0.4) is 0 Å². The molecule has 0 bridgehead atoms. The monoisotopic (exact) mass is 464 g/mol. The average molecular weight is 465 g/mol. The van der Waals surface area contributed by atoms with Gasteiger partial charge in [0.15, 0.2) is 0 Å². The fraction of sp³-hybridized carbons (Fsp3) is 0.280. The topological polar surface area (TPSA) is 82.1 Å². The molecule has 0 radical (unpaired) electrons. The minimum atomic E-state index is -3.51. The molecule has 1 aliphatic rings. The highest BCUT2D eigenvalue weighted by molar-refractivity contribution is 7.89. The number of sulfonamides is 1. The van der Waals surface area contributed by atoms with E-state index >= 15 is 0 Å². The van der Waals surface area contributed by atoms with E-state index in [1.54, 1.807) is 24.3 Å². The lowest BCUT2D eigenvalue weighted by Crippen LogP contribution is -2.50. The van der Waals surface area contributed by atoms with Gasteiger partial charge in [0, 0.05) is 26.2 Å². The van der Waals surface area contributed by atoms with E-state index < -0.39 is 10.0 Å². The van der Waals surface area contributed by atoms with Gasteiger partial charge >= 0.3 is 0 Å². The van der Waals surface area contributed by atoms with Crippen LogP contribution in [0.1, 0.15) is 18.1 Å². The third-order valence-electron chi connectivity index (χ3n) is 5.87. The number of hydrazone groups is 1. The normalized spacial score (nSPS) is 16.1. The van der Waals surface area contributed by atoms with Gasteiger partial charge in [0.2, 0.25) is 10.0 Å². The lowest BCUT2D eigenvalue weighted by molar-refractivity contribution is -0.122. The van der Waals surface area contributed by atoms with Gasteiger partial charge < -0.3 is 0 Å². The largest absolute Gasteiger partial charge is 0.292 e. The van der Waals surface area contributed by atoms with Crippen LogP contribution in [0.15, 0.2) is 76.7 Å². The summed E-state index contributed by atoms with van der Waals surface area (Å²) in [7, 11) is -3.51. The summed E-state index contributed by atoms with van der Waals surface area (Å²) in [5.41, 5.74) is 5.31. The number of benzene rings is 3. The first-order chi connectivity index (χ1) is 15.8. The second kappa shape index (κ2) is 9.82. The number of piperazine rings is 1. The van der Waals surface area contributed by atoms with E-state index in [9.17, 15) is 13.2 Å². The van der Waals surface area contributed by atoms with Crippen molar-refractivity contribution in [3.63, 3.8) is 0 Å². The Morgan fingerprint density at radius 1 is 0.939 bits per heavy atom. The molecule has 0 atom stereocenters. The van der Waals surface area contributed by atoms with Gasteiger partial charge in [0.25, 0.3) is 5.91 Å². The number of hydrogen-bond donors (Lipinski definition) is 1. The highest BCUT2D eigenvalue weighted by Gasteiger charge is 2.28. The Kier molecular flexibility index (Phi) is 6.88. The van der Waals surface area contributed by atoms with Gasteiger partial charge in [-0.1, -0.05) is 54.1 Å². The predicted octanol–water partition coefficient (Wildman–Crippen LogP) is 2.99. The molecule has 1 N–H and O–H groups in total. The number of carbonyl (C=O) groups is 1. The minimum Gasteiger partial charge on any atom is -0.292 e. The molecule has 7 nitrogen and oxygen atoms in total. The molecule has 33 heavy (non-hydrogen) atoms. The Balaban J connectivity index is 1.30. The lowest BCUT2D eigenvalue weighted by Gasteiger charge is -2.33. The van der Waals surface area contributed by atoms with Crippen LogP contribution in [-0.2, 0) is 14.8 Å². The van der Waals surface area contributed by atoms with Crippen LogP contribution >= 0.6 is 0 Å². The van der Waals surface area contributed by atoms with Crippen molar-refractivity contribution >= 4 is 32.4 Å². The Labute approximate surface area is 194 Å². The number of amides is 1. The number of rotatable bonds is 6. The van der Waals surface area contributed by atoms with Crippen molar-refractivity contribution in [2.24, 2.45) is 5.10 Å². The zero-order valence-corrected chi connectivity index (χ0v) is 19.7. The summed E-state index contributed by atoms with van der Waals surface area (Å²) in [6.45, 7) is 5.64. The van der Waals surface area contributed by atoms with Gasteiger partial charge in [0.1, 0.15) is 0 Å². The van der Waals surface area contributed by atoms with E-state index in [1.807, 2.05) is 55.1 Å². The first-order valence-corrected chi connectivity index (χ1v) is 12.4. The standard InChI is InChI=1S/C25H28N4O3S/c1-19-7-11-24(12-8-19)33(31,32)29-15-13-28(14-16-29)18-25(30)27-26-20(2)22-10-9-21-5-3-4-6-23(21)17-22/h3-12,17H,13-16,18H2,1-2H3,(H,27,30). The summed E-state index contributed by atoms with van der Waals surface area (Å²) in [4.78, 5) is 14.6. The number of hydrogen-bond acceptors (Lipinski definition) is 5. The van der Waals surface area contributed by atoms with Crippen molar-refractivity contribution in [3.8, 4) is 0 Å². The second-order valence-corrected chi connectivity index (χ2v) is 10.2. The summed E-state index contributed by atoms with van der Waals surface area (Å²) in [6.07, 6.45) is 0. The highest BCUT2D eigenvalue weighted by Crippen LogP contribution is 2.18. The Hall–Kier alpha value is -3.07. The van der Waals surface area contributed by atoms with Crippen LogP contribution in [0.5, 0.6) is 0 Å². The molecule has 0 spiro atoms. The van der Waals surface area contributed by atoms with E-state index in [2.05, 4.69) is 16.6 Å². The van der Waals surface area contributed by atoms with Crippen LogP contribution in [0.2, 0.25) is 0 Å². The summed E-state index contributed by atoms with van der Waals surface area (Å²) in [5.74, 6) is -0.218. The predicted molar refractivity (Wildman–Crippen MR) is 131 cm³/mol. The molecule has 0 unspecified atom stereocenters. The molecule has 0 aliphatic carbocycles. The second-order valence-electron chi connectivity index (χ2n) is 8.29. The third kappa shape index (κ3) is 5.47. The minimum absolute atomic E-state index is 0.174. The molecule has 1 fully saturated rings. The van der Waals surface area contributed by atoms with Crippen LogP contribution in [-0.4, -0.2) is 62.0 Å². The van der Waals surface area contributed by atoms with Gasteiger partial charge in [-0.3, -0.25) is 9.69 Å². The number of nitrogens with zero attached hydrogens (tertiary/aromatic N) is 3. The van der Waals surface area contributed by atoms with Gasteiger partial charge in [-0.05, 0) is 48.4 Å². The van der Waals surface area contributed by atoms with E-state index in [4.69, 9.17) is 0 Å². The molecule has 0 saturated carbocycles. The molecular formula is C25H28N4O3S. The molecule has 1 amide bonds. The molecule has 4 rings (SSSR count). The first kappa shape index (κ1) is 23.1. The van der Waals surface area contributed by atoms with Crippen molar-refractivity contribution in [1.82, 2.24) is 14.6 Å². The lowest BCUT2D eigenvalue weighted by atomic mass is 10.0. The summed E-state index contributed by atoms with van der Waals surface area (Å²) in [6, 6.07) is 21.0. The Morgan fingerprint density at radius 2 is 1.61 bits per heavy atom. The van der Waals surface area contributed by atoms with Gasteiger partial charge in [-0.15, -0.1) is 0 Å². The third-order valence-corrected chi connectivity index (χ3v) is 7.79. The van der Waals surface area contributed by atoms with Crippen LogP contribution in [0, 0.1) is 6.92 Å². The fourth-order valence-electron chi connectivity index (χ4n) is 3.85. The molecular weight excluding hydrogens is 436 g/mol. The highest BCUT2D eigenvalue weighted by atomic mass is 32.2. The molecule has 0 aromatic heterocycles. The number of fused-ring (bicyclic) bond motifs is 1. The summed E-state index contributed by atoms with van der Waals surface area (Å²) < 4.78 is 27.1. The number of carbonyl (C=O) groups excluding carboxylic acids is 1. The quantitative estimate of drug-likeness (QED) is 0.449.